The number of hydrogen-bond acceptors (Lipinski definition) is 2. The van der Waals surface area contributed by atoms with Crippen molar-refractivity contribution < 1.29 is 4.74 Å². The predicted octanol–water partition coefficient (Wildman–Crippen LogP) is 3.49. The van der Waals surface area contributed by atoms with Crippen LogP contribution in [0.15, 0.2) is 0 Å². The third kappa shape index (κ3) is 5.86. The molecule has 0 aromatic rings. The van der Waals surface area contributed by atoms with E-state index in [4.69, 9.17) is 10.5 Å². The molecule has 0 amide bonds. The van der Waals surface area contributed by atoms with Crippen molar-refractivity contribution in [3.8, 4) is 0 Å². The molecule has 1 heterocycles. The Balaban J connectivity index is 2.06. The first-order valence-corrected chi connectivity index (χ1v) is 7.09. The zero-order valence-electron chi connectivity index (χ0n) is 11.1. The molecule has 0 radical (unpaired) electrons. The molecule has 2 nitrogen and oxygen atoms in total. The molecule has 1 aliphatic heterocycles. The van der Waals surface area contributed by atoms with Crippen molar-refractivity contribution in [1.82, 2.24) is 0 Å². The van der Waals surface area contributed by atoms with Crippen LogP contribution in [0.4, 0.5) is 0 Å². The second-order valence-corrected chi connectivity index (χ2v) is 5.46. The Labute approximate surface area is 101 Å². The van der Waals surface area contributed by atoms with Gasteiger partial charge in [-0.2, -0.15) is 0 Å². The lowest BCUT2D eigenvalue weighted by Gasteiger charge is -2.24. The normalized spacial score (nSPS) is 25.3. The molecule has 1 fully saturated rings. The number of rotatable bonds is 7. The highest BCUT2D eigenvalue weighted by Crippen LogP contribution is 2.20. The van der Waals surface area contributed by atoms with Crippen molar-refractivity contribution >= 4 is 0 Å². The molecule has 0 aromatic carbocycles. The zero-order chi connectivity index (χ0) is 11.8. The molecule has 0 spiro atoms. The van der Waals surface area contributed by atoms with Gasteiger partial charge in [0.25, 0.3) is 0 Å². The largest absolute Gasteiger partial charge is 0.378 e. The van der Waals surface area contributed by atoms with Crippen molar-refractivity contribution in [1.29, 1.82) is 0 Å². The molecule has 96 valence electrons. The molecule has 0 aliphatic carbocycles. The highest BCUT2D eigenvalue weighted by atomic mass is 16.5. The van der Waals surface area contributed by atoms with Gasteiger partial charge in [-0.1, -0.05) is 26.7 Å². The number of hydrogen-bond donors (Lipinski definition) is 1. The summed E-state index contributed by atoms with van der Waals surface area (Å²) in [5, 5.41) is 0. The van der Waals surface area contributed by atoms with Crippen molar-refractivity contribution in [2.45, 2.75) is 77.4 Å². The summed E-state index contributed by atoms with van der Waals surface area (Å²) in [5.41, 5.74) is 6.17. The van der Waals surface area contributed by atoms with E-state index in [1.807, 2.05) is 0 Å². The topological polar surface area (TPSA) is 35.2 Å². The van der Waals surface area contributed by atoms with Gasteiger partial charge in [0, 0.05) is 12.6 Å². The second kappa shape index (κ2) is 8.08. The van der Waals surface area contributed by atoms with Gasteiger partial charge >= 0.3 is 0 Å². The van der Waals surface area contributed by atoms with E-state index in [-0.39, 0.29) is 0 Å². The van der Waals surface area contributed by atoms with Crippen LogP contribution in [0.3, 0.4) is 0 Å². The lowest BCUT2D eigenvalue weighted by molar-refractivity contribution is 0.00883. The Morgan fingerprint density at radius 1 is 1.31 bits per heavy atom. The Morgan fingerprint density at radius 2 is 2.12 bits per heavy atom. The lowest BCUT2D eigenvalue weighted by Crippen LogP contribution is -2.26. The molecule has 0 bridgehead atoms. The van der Waals surface area contributed by atoms with Crippen LogP contribution in [0.5, 0.6) is 0 Å². The summed E-state index contributed by atoms with van der Waals surface area (Å²) in [6.45, 7) is 5.53. The first-order valence-electron chi connectivity index (χ1n) is 7.09. The van der Waals surface area contributed by atoms with Crippen molar-refractivity contribution in [3.63, 3.8) is 0 Å². The quantitative estimate of drug-likeness (QED) is 0.722. The summed E-state index contributed by atoms with van der Waals surface area (Å²) in [7, 11) is 0. The molecule has 3 unspecified atom stereocenters. The van der Waals surface area contributed by atoms with Crippen LogP contribution in [0, 0.1) is 5.92 Å². The molecular weight excluding hydrogens is 198 g/mol. The molecule has 1 saturated heterocycles. The van der Waals surface area contributed by atoms with Crippen molar-refractivity contribution in [3.05, 3.63) is 0 Å². The molecular formula is C14H29NO. The highest BCUT2D eigenvalue weighted by Gasteiger charge is 2.16. The zero-order valence-corrected chi connectivity index (χ0v) is 11.1. The fraction of sp³-hybridized carbons (Fsp3) is 1.00. The number of ether oxygens (including phenoxy) is 1. The standard InChI is InChI=1S/C14H29NO/c1-3-6-12(2)11-13(15)8-9-14-7-4-5-10-16-14/h12-14H,3-11,15H2,1-2H3. The molecule has 3 atom stereocenters. The van der Waals surface area contributed by atoms with Gasteiger partial charge in [0.15, 0.2) is 0 Å². The van der Waals surface area contributed by atoms with E-state index in [2.05, 4.69) is 13.8 Å². The molecule has 0 aromatic heterocycles. The van der Waals surface area contributed by atoms with Crippen molar-refractivity contribution in [2.75, 3.05) is 6.61 Å². The molecule has 0 saturated carbocycles. The third-order valence-electron chi connectivity index (χ3n) is 3.62. The SMILES string of the molecule is CCCC(C)CC(N)CCC1CCCCO1. The fourth-order valence-electron chi connectivity index (χ4n) is 2.68. The maximum absolute atomic E-state index is 6.17. The van der Waals surface area contributed by atoms with Crippen LogP contribution in [0.1, 0.15) is 65.2 Å². The Bertz CT molecular complexity index is 166. The minimum atomic E-state index is 0.382. The molecule has 1 rings (SSSR count). The van der Waals surface area contributed by atoms with E-state index in [9.17, 15) is 0 Å². The van der Waals surface area contributed by atoms with Gasteiger partial charge in [-0.25, -0.2) is 0 Å². The van der Waals surface area contributed by atoms with E-state index >= 15 is 0 Å². The monoisotopic (exact) mass is 227 g/mol. The van der Waals surface area contributed by atoms with Crippen LogP contribution in [-0.2, 0) is 4.74 Å². The Morgan fingerprint density at radius 3 is 2.75 bits per heavy atom. The minimum Gasteiger partial charge on any atom is -0.378 e. The molecule has 2 heteroatoms. The van der Waals surface area contributed by atoms with Crippen LogP contribution in [0.25, 0.3) is 0 Å². The summed E-state index contributed by atoms with van der Waals surface area (Å²) in [5.74, 6) is 0.785. The van der Waals surface area contributed by atoms with Crippen LogP contribution in [0.2, 0.25) is 0 Å². The van der Waals surface area contributed by atoms with E-state index in [0.717, 1.165) is 18.9 Å². The summed E-state index contributed by atoms with van der Waals surface area (Å²) in [6.07, 6.45) is 10.4. The summed E-state index contributed by atoms with van der Waals surface area (Å²) >= 11 is 0. The van der Waals surface area contributed by atoms with Crippen LogP contribution < -0.4 is 5.73 Å². The molecule has 16 heavy (non-hydrogen) atoms. The van der Waals surface area contributed by atoms with Gasteiger partial charge in [0.2, 0.25) is 0 Å². The predicted molar refractivity (Wildman–Crippen MR) is 69.5 cm³/mol. The van der Waals surface area contributed by atoms with Gasteiger partial charge in [0.1, 0.15) is 0 Å². The molecule has 2 N–H and O–H groups in total. The van der Waals surface area contributed by atoms with E-state index in [1.165, 1.54) is 44.9 Å². The third-order valence-corrected chi connectivity index (χ3v) is 3.62. The summed E-state index contributed by atoms with van der Waals surface area (Å²) in [4.78, 5) is 0. The summed E-state index contributed by atoms with van der Waals surface area (Å²) < 4.78 is 5.73. The average molecular weight is 227 g/mol. The smallest absolute Gasteiger partial charge is 0.0575 e. The van der Waals surface area contributed by atoms with Crippen LogP contribution >= 0.6 is 0 Å². The van der Waals surface area contributed by atoms with E-state index in [1.54, 1.807) is 0 Å². The number of nitrogens with two attached hydrogens (primary N) is 1. The van der Waals surface area contributed by atoms with Gasteiger partial charge in [0.05, 0.1) is 6.10 Å². The maximum Gasteiger partial charge on any atom is 0.0575 e. The van der Waals surface area contributed by atoms with Gasteiger partial charge in [-0.05, 0) is 44.4 Å². The first kappa shape index (κ1) is 14.0. The Kier molecular flexibility index (Phi) is 7.06. The first-order chi connectivity index (χ1) is 7.72. The average Bonchev–Trinajstić information content (AvgIpc) is 2.28. The fourth-order valence-corrected chi connectivity index (χ4v) is 2.68. The summed E-state index contributed by atoms with van der Waals surface area (Å²) in [6, 6.07) is 0.382. The minimum absolute atomic E-state index is 0.382. The Hall–Kier alpha value is -0.0800. The van der Waals surface area contributed by atoms with Crippen LogP contribution in [-0.4, -0.2) is 18.8 Å². The van der Waals surface area contributed by atoms with Gasteiger partial charge < -0.3 is 10.5 Å². The van der Waals surface area contributed by atoms with Crippen molar-refractivity contribution in [2.24, 2.45) is 11.7 Å². The van der Waals surface area contributed by atoms with Gasteiger partial charge in [-0.15, -0.1) is 0 Å². The maximum atomic E-state index is 6.17. The van der Waals surface area contributed by atoms with E-state index < -0.39 is 0 Å². The highest BCUT2D eigenvalue weighted by molar-refractivity contribution is 4.70. The molecule has 1 aliphatic rings. The second-order valence-electron chi connectivity index (χ2n) is 5.46. The lowest BCUT2D eigenvalue weighted by atomic mass is 9.93. The van der Waals surface area contributed by atoms with Gasteiger partial charge in [-0.3, -0.25) is 0 Å². The van der Waals surface area contributed by atoms with E-state index in [0.29, 0.717) is 12.1 Å².